The number of rotatable bonds is 4. The average Bonchev–Trinajstić information content (AvgIpc) is 3.84. The van der Waals surface area contributed by atoms with Crippen LogP contribution in [0.1, 0.15) is 56.8 Å². The number of benzene rings is 6. The van der Waals surface area contributed by atoms with Crippen molar-refractivity contribution in [2.75, 3.05) is 23.4 Å². The van der Waals surface area contributed by atoms with Gasteiger partial charge in [-0.2, -0.15) is 0 Å². The number of para-hydroxylation sites is 4. The van der Waals surface area contributed by atoms with Crippen LogP contribution >= 0.6 is 0 Å². The highest BCUT2D eigenvalue weighted by Crippen LogP contribution is 2.44. The summed E-state index contributed by atoms with van der Waals surface area (Å²) < 4.78 is 29.6. The molecule has 0 spiro atoms. The summed E-state index contributed by atoms with van der Waals surface area (Å²) in [7, 11) is 0. The molecule has 0 radical (unpaired) electrons. The molecule has 2 aromatic heterocycles. The lowest BCUT2D eigenvalue weighted by atomic mass is 9.85. The second-order valence-corrected chi connectivity index (χ2v) is 16.1. The van der Waals surface area contributed by atoms with Gasteiger partial charge in [-0.15, -0.1) is 0 Å². The Labute approximate surface area is 310 Å². The minimum Gasteiger partial charge on any atom is -0.355 e. The van der Waals surface area contributed by atoms with Gasteiger partial charge >= 0.3 is 0 Å². The Kier molecular flexibility index (Phi) is 6.44. The highest BCUT2D eigenvalue weighted by Gasteiger charge is 2.29. The smallest absolute Gasteiger partial charge is 0.220 e. The Hall–Kier alpha value is -5.81. The summed E-state index contributed by atoms with van der Waals surface area (Å²) in [6, 6.07) is 46.9. The zero-order valence-corrected chi connectivity index (χ0v) is 30.6. The Balaban J connectivity index is 1.35. The molecular weight excluding hydrogens is 635 g/mol. The predicted octanol–water partition coefficient (Wildman–Crippen LogP) is 11.9. The van der Waals surface area contributed by atoms with E-state index >= 15 is 0 Å². The van der Waals surface area contributed by atoms with Crippen molar-refractivity contribution in [1.82, 2.24) is 14.1 Å². The average molecular weight is 683 g/mol. The molecule has 1 aliphatic rings. The quantitative estimate of drug-likeness (QED) is 0.185. The minimum atomic E-state index is -2.30. The first-order valence-corrected chi connectivity index (χ1v) is 18.1. The maximum atomic E-state index is 8.36. The predicted molar refractivity (Wildman–Crippen MR) is 220 cm³/mol. The van der Waals surface area contributed by atoms with Gasteiger partial charge in [0.2, 0.25) is 5.95 Å². The number of anilines is 3. The van der Waals surface area contributed by atoms with Gasteiger partial charge < -0.3 is 9.80 Å². The molecule has 0 fully saturated rings. The fourth-order valence-corrected chi connectivity index (χ4v) is 7.74. The van der Waals surface area contributed by atoms with Crippen LogP contribution in [0.15, 0.2) is 133 Å². The lowest BCUT2D eigenvalue weighted by Crippen LogP contribution is -2.24. The van der Waals surface area contributed by atoms with E-state index in [0.717, 1.165) is 56.0 Å². The Morgan fingerprint density at radius 1 is 0.538 bits per heavy atom. The van der Waals surface area contributed by atoms with Crippen LogP contribution in [-0.4, -0.2) is 27.8 Å². The van der Waals surface area contributed by atoms with Crippen molar-refractivity contribution in [3.63, 3.8) is 0 Å². The van der Waals surface area contributed by atoms with Gasteiger partial charge in [0.15, 0.2) is 0 Å². The first-order valence-electron chi connectivity index (χ1n) is 19.6. The van der Waals surface area contributed by atoms with E-state index in [-0.39, 0.29) is 17.5 Å². The largest absolute Gasteiger partial charge is 0.355 e. The molecule has 0 unspecified atom stereocenters. The molecule has 0 amide bonds. The number of nitrogens with zero attached hydrogens (tertiary/aromatic N) is 5. The number of hydrogen-bond donors (Lipinski definition) is 0. The number of imidazole rings is 1. The van der Waals surface area contributed by atoms with Crippen molar-refractivity contribution >= 4 is 49.9 Å². The third kappa shape index (κ3) is 5.10. The molecule has 3 heterocycles. The van der Waals surface area contributed by atoms with Crippen LogP contribution in [0.3, 0.4) is 0 Å². The van der Waals surface area contributed by atoms with E-state index in [2.05, 4.69) is 153 Å². The van der Waals surface area contributed by atoms with Crippen molar-refractivity contribution < 1.29 is 4.11 Å². The Morgan fingerprint density at radius 3 is 2.00 bits per heavy atom. The molecule has 0 aliphatic carbocycles. The van der Waals surface area contributed by atoms with Gasteiger partial charge in [0, 0.05) is 27.5 Å². The maximum absolute atomic E-state index is 8.36. The molecule has 258 valence electrons. The Morgan fingerprint density at radius 2 is 1.23 bits per heavy atom. The summed E-state index contributed by atoms with van der Waals surface area (Å²) in [6.45, 7) is 11.4. The van der Waals surface area contributed by atoms with Gasteiger partial charge in [-0.05, 0) is 87.7 Å². The molecule has 0 atom stereocenters. The molecule has 0 N–H and O–H groups in total. The molecule has 52 heavy (non-hydrogen) atoms. The third-order valence-electron chi connectivity index (χ3n) is 10.6. The Bertz CT molecular complexity index is 2760. The van der Waals surface area contributed by atoms with Crippen molar-refractivity contribution in [3.05, 3.63) is 145 Å². The van der Waals surface area contributed by atoms with Crippen LogP contribution in [0.4, 0.5) is 17.1 Å². The van der Waals surface area contributed by atoms with Gasteiger partial charge in [-0.1, -0.05) is 120 Å². The van der Waals surface area contributed by atoms with Crippen molar-refractivity contribution in [2.24, 2.45) is 0 Å². The van der Waals surface area contributed by atoms with Crippen LogP contribution in [0.25, 0.3) is 55.6 Å². The first kappa shape index (κ1) is 28.8. The minimum absolute atomic E-state index is 0.0208. The third-order valence-corrected chi connectivity index (χ3v) is 10.6. The molecule has 0 bridgehead atoms. The van der Waals surface area contributed by atoms with Gasteiger partial charge in [0.1, 0.15) is 5.52 Å². The summed E-state index contributed by atoms with van der Waals surface area (Å²) in [5.41, 5.74) is 12.1. The molecule has 5 nitrogen and oxygen atoms in total. The van der Waals surface area contributed by atoms with E-state index in [0.29, 0.717) is 5.69 Å². The monoisotopic (exact) mass is 682 g/mol. The van der Waals surface area contributed by atoms with E-state index in [9.17, 15) is 0 Å². The molecule has 5 heteroatoms. The van der Waals surface area contributed by atoms with E-state index < -0.39 is 6.98 Å². The summed E-state index contributed by atoms with van der Waals surface area (Å²) in [6.07, 6.45) is 0. The normalized spacial score (nSPS) is 14.6. The van der Waals surface area contributed by atoms with E-state index in [1.54, 1.807) is 0 Å². The zero-order chi connectivity index (χ0) is 38.4. The molecule has 8 aromatic rings. The molecule has 0 saturated carbocycles. The fourth-order valence-electron chi connectivity index (χ4n) is 7.74. The highest BCUT2D eigenvalue weighted by molar-refractivity contribution is 6.11. The van der Waals surface area contributed by atoms with Crippen LogP contribution in [0.2, 0.25) is 0 Å². The van der Waals surface area contributed by atoms with Crippen molar-refractivity contribution in [3.8, 4) is 22.8 Å². The van der Waals surface area contributed by atoms with Gasteiger partial charge in [0.05, 0.1) is 40.3 Å². The van der Waals surface area contributed by atoms with Gasteiger partial charge in [-0.25, -0.2) is 4.98 Å². The lowest BCUT2D eigenvalue weighted by Gasteiger charge is -2.20. The molecule has 1 aliphatic heterocycles. The van der Waals surface area contributed by atoms with Crippen molar-refractivity contribution in [1.29, 1.82) is 0 Å². The van der Waals surface area contributed by atoms with Crippen molar-refractivity contribution in [2.45, 2.75) is 52.4 Å². The summed E-state index contributed by atoms with van der Waals surface area (Å²) in [4.78, 5) is 9.16. The zero-order valence-electron chi connectivity index (χ0n) is 33.6. The molecule has 9 rings (SSSR count). The lowest BCUT2D eigenvalue weighted by molar-refractivity contribution is 0.590. The molecule has 6 aromatic carbocycles. The van der Waals surface area contributed by atoms with Gasteiger partial charge in [0.25, 0.3) is 0 Å². The second-order valence-electron chi connectivity index (χ2n) is 16.1. The summed E-state index contributed by atoms with van der Waals surface area (Å²) >= 11 is 0. The van der Waals surface area contributed by atoms with E-state index in [1.807, 2.05) is 36.4 Å². The van der Waals surface area contributed by atoms with Crippen LogP contribution < -0.4 is 9.80 Å². The summed E-state index contributed by atoms with van der Waals surface area (Å²) in [5, 5.41) is 2.33. The number of hydrogen-bond acceptors (Lipinski definition) is 3. The molecule has 0 saturated heterocycles. The van der Waals surface area contributed by atoms with Crippen LogP contribution in [0.5, 0.6) is 0 Å². The maximum Gasteiger partial charge on any atom is 0.220 e. The highest BCUT2D eigenvalue weighted by atomic mass is 15.4. The SMILES string of the molecule is [2H]C([2H])([2H])N1CN(c2cccc3c2nc(-n2c4ccc(C(C)(C)C)cc4c4ccc(-c5cccc(C(C)(C)C)c5)cc42)n3-c2ccccc2)c2ccccc21. The molecular formula is C47H45N5. The first-order chi connectivity index (χ1) is 26.2. The topological polar surface area (TPSA) is 29.2 Å². The van der Waals surface area contributed by atoms with Crippen LogP contribution in [0, 0.1) is 0 Å². The number of aromatic nitrogens is 3. The summed E-state index contributed by atoms with van der Waals surface area (Å²) in [5.74, 6) is 0.762. The van der Waals surface area contributed by atoms with Crippen LogP contribution in [-0.2, 0) is 10.8 Å². The standard InChI is InChI=1S/C47H45N5/c1-46(2,3)33-16-13-15-31(27-33)32-23-25-36-37-29-34(47(4,5)6)24-26-38(37)52(43(36)28-32)45-48-44-41(50-30-49(7)39-19-11-12-20-40(39)50)21-14-22-42(44)51(45)35-17-9-8-10-18-35/h8-29H,30H2,1-7H3/i7D3. The van der Waals surface area contributed by atoms with E-state index in [1.165, 1.54) is 27.0 Å². The van der Waals surface area contributed by atoms with E-state index in [4.69, 9.17) is 9.10 Å². The second kappa shape index (κ2) is 11.6. The number of fused-ring (bicyclic) bond motifs is 5. The fraction of sp³-hybridized carbons (Fsp3) is 0.213. The van der Waals surface area contributed by atoms with Gasteiger partial charge in [-0.3, -0.25) is 9.13 Å².